The minimum absolute atomic E-state index is 0.760. The summed E-state index contributed by atoms with van der Waals surface area (Å²) in [4.78, 5) is 0. The zero-order valence-electron chi connectivity index (χ0n) is 9.63. The average Bonchev–Trinajstić information content (AvgIpc) is 2.28. The molecule has 0 amide bonds. The summed E-state index contributed by atoms with van der Waals surface area (Å²) >= 11 is 3.47. The van der Waals surface area contributed by atoms with Crippen LogP contribution in [-0.4, -0.2) is 13.2 Å². The van der Waals surface area contributed by atoms with Crippen LogP contribution in [0.5, 0.6) is 5.75 Å². The average molecular weight is 284 g/mol. The smallest absolute Gasteiger partial charge is 0.123 e. The minimum Gasteiger partial charge on any atom is -0.493 e. The van der Waals surface area contributed by atoms with Crippen LogP contribution in [0.25, 0.3) is 0 Å². The van der Waals surface area contributed by atoms with Crippen LogP contribution in [-0.2, 0) is 6.54 Å². The zero-order valence-corrected chi connectivity index (χ0v) is 11.2. The number of halogens is 1. The van der Waals surface area contributed by atoms with E-state index in [0.717, 1.165) is 36.3 Å². The van der Waals surface area contributed by atoms with Crippen molar-refractivity contribution in [1.29, 1.82) is 0 Å². The third-order valence-electron chi connectivity index (χ3n) is 2.09. The molecule has 0 aliphatic rings. The summed E-state index contributed by atoms with van der Waals surface area (Å²) in [5.41, 5.74) is 1.17. The van der Waals surface area contributed by atoms with E-state index >= 15 is 0 Å². The molecule has 0 heterocycles. The first-order chi connectivity index (χ1) is 7.77. The van der Waals surface area contributed by atoms with Crippen molar-refractivity contribution in [2.45, 2.75) is 19.9 Å². The molecule has 0 fully saturated rings. The Bertz CT molecular complexity index is 339. The molecular formula is C13H18BrNO. The lowest BCUT2D eigenvalue weighted by Crippen LogP contribution is -2.13. The van der Waals surface area contributed by atoms with Crippen molar-refractivity contribution in [3.8, 4) is 5.75 Å². The lowest BCUT2D eigenvalue weighted by Gasteiger charge is -2.11. The number of nitrogens with one attached hydrogen (secondary N) is 1. The second-order valence-electron chi connectivity index (χ2n) is 3.52. The van der Waals surface area contributed by atoms with E-state index in [4.69, 9.17) is 4.74 Å². The van der Waals surface area contributed by atoms with Crippen LogP contribution in [0.3, 0.4) is 0 Å². The van der Waals surface area contributed by atoms with Crippen LogP contribution in [0.15, 0.2) is 35.3 Å². The van der Waals surface area contributed by atoms with E-state index in [0.29, 0.717) is 0 Å². The van der Waals surface area contributed by atoms with E-state index in [1.165, 1.54) is 5.56 Å². The highest BCUT2D eigenvalue weighted by Gasteiger charge is 2.03. The van der Waals surface area contributed by atoms with Crippen LogP contribution in [0.4, 0.5) is 0 Å². The Morgan fingerprint density at radius 1 is 1.50 bits per heavy atom. The van der Waals surface area contributed by atoms with Gasteiger partial charge in [0.15, 0.2) is 0 Å². The fraction of sp³-hybridized carbons (Fsp3) is 0.385. The summed E-state index contributed by atoms with van der Waals surface area (Å²) in [6, 6.07) is 6.09. The highest BCUT2D eigenvalue weighted by molar-refractivity contribution is 9.10. The maximum atomic E-state index is 5.69. The van der Waals surface area contributed by atoms with Crippen molar-refractivity contribution >= 4 is 15.9 Å². The Hall–Kier alpha value is -0.800. The zero-order chi connectivity index (χ0) is 11.8. The molecule has 0 aliphatic carbocycles. The highest BCUT2D eigenvalue weighted by atomic mass is 79.9. The molecule has 0 radical (unpaired) electrons. The molecule has 16 heavy (non-hydrogen) atoms. The van der Waals surface area contributed by atoms with Gasteiger partial charge in [-0.05, 0) is 24.6 Å². The molecule has 1 aromatic rings. The van der Waals surface area contributed by atoms with E-state index in [9.17, 15) is 0 Å². The molecule has 0 spiro atoms. The van der Waals surface area contributed by atoms with E-state index in [1.807, 2.05) is 18.2 Å². The Morgan fingerprint density at radius 2 is 2.31 bits per heavy atom. The molecule has 1 aromatic carbocycles. The normalized spacial score (nSPS) is 10.1. The summed E-state index contributed by atoms with van der Waals surface area (Å²) in [6.45, 7) is 8.15. The minimum atomic E-state index is 0.760. The summed E-state index contributed by atoms with van der Waals surface area (Å²) in [6.07, 6.45) is 2.88. The van der Waals surface area contributed by atoms with Gasteiger partial charge in [-0.25, -0.2) is 0 Å². The van der Waals surface area contributed by atoms with Crippen molar-refractivity contribution < 1.29 is 4.74 Å². The number of rotatable bonds is 7. The van der Waals surface area contributed by atoms with E-state index < -0.39 is 0 Å². The topological polar surface area (TPSA) is 21.3 Å². The molecule has 0 atom stereocenters. The largest absolute Gasteiger partial charge is 0.493 e. The molecule has 0 unspecified atom stereocenters. The summed E-state index contributed by atoms with van der Waals surface area (Å²) in [5, 5.41) is 3.28. The Labute approximate surface area is 106 Å². The molecule has 0 aromatic heterocycles. The summed E-state index contributed by atoms with van der Waals surface area (Å²) < 4.78 is 6.76. The van der Waals surface area contributed by atoms with Crippen molar-refractivity contribution in [2.24, 2.45) is 0 Å². The quantitative estimate of drug-likeness (QED) is 0.611. The summed E-state index contributed by atoms with van der Waals surface area (Å²) in [7, 11) is 0. The monoisotopic (exact) mass is 283 g/mol. The van der Waals surface area contributed by atoms with Crippen molar-refractivity contribution in [1.82, 2.24) is 5.32 Å². The molecule has 0 bridgehead atoms. The van der Waals surface area contributed by atoms with Crippen LogP contribution >= 0.6 is 15.9 Å². The molecule has 3 heteroatoms. The van der Waals surface area contributed by atoms with Gasteiger partial charge in [0.2, 0.25) is 0 Å². The Kier molecular flexibility index (Phi) is 6.19. The van der Waals surface area contributed by atoms with E-state index in [2.05, 4.69) is 40.8 Å². The standard InChI is InChI=1S/C13H18BrNO/c1-3-7-15-10-11-9-12(14)5-6-13(11)16-8-4-2/h3,5-6,9,15H,1,4,7-8,10H2,2H3. The maximum absolute atomic E-state index is 5.69. The van der Waals surface area contributed by atoms with Crippen LogP contribution < -0.4 is 10.1 Å². The first-order valence-electron chi connectivity index (χ1n) is 5.50. The Morgan fingerprint density at radius 3 is 3.00 bits per heavy atom. The molecule has 0 saturated carbocycles. The van der Waals surface area contributed by atoms with Crippen LogP contribution in [0, 0.1) is 0 Å². The van der Waals surface area contributed by atoms with E-state index in [-0.39, 0.29) is 0 Å². The van der Waals surface area contributed by atoms with Gasteiger partial charge in [-0.1, -0.05) is 28.9 Å². The number of hydrogen-bond acceptors (Lipinski definition) is 2. The molecule has 0 aliphatic heterocycles. The van der Waals surface area contributed by atoms with Crippen LogP contribution in [0.2, 0.25) is 0 Å². The molecule has 0 saturated heterocycles. The Balaban J connectivity index is 2.68. The summed E-state index contributed by atoms with van der Waals surface area (Å²) in [5.74, 6) is 0.960. The third kappa shape index (κ3) is 4.37. The predicted octanol–water partition coefficient (Wildman–Crippen LogP) is 3.51. The van der Waals surface area contributed by atoms with Gasteiger partial charge in [-0.2, -0.15) is 0 Å². The van der Waals surface area contributed by atoms with E-state index in [1.54, 1.807) is 0 Å². The molecular weight excluding hydrogens is 266 g/mol. The highest BCUT2D eigenvalue weighted by Crippen LogP contribution is 2.23. The van der Waals surface area contributed by atoms with Crippen molar-refractivity contribution in [3.63, 3.8) is 0 Å². The van der Waals surface area contributed by atoms with Gasteiger partial charge in [0.1, 0.15) is 5.75 Å². The van der Waals surface area contributed by atoms with Gasteiger partial charge >= 0.3 is 0 Å². The SMILES string of the molecule is C=CCNCc1cc(Br)ccc1OCCC. The fourth-order valence-corrected chi connectivity index (χ4v) is 1.76. The second-order valence-corrected chi connectivity index (χ2v) is 4.44. The van der Waals surface area contributed by atoms with Gasteiger partial charge < -0.3 is 10.1 Å². The molecule has 1 rings (SSSR count). The molecule has 2 nitrogen and oxygen atoms in total. The molecule has 1 N–H and O–H groups in total. The first-order valence-corrected chi connectivity index (χ1v) is 6.30. The van der Waals surface area contributed by atoms with Crippen LogP contribution in [0.1, 0.15) is 18.9 Å². The fourth-order valence-electron chi connectivity index (χ4n) is 1.35. The maximum Gasteiger partial charge on any atom is 0.123 e. The van der Waals surface area contributed by atoms with Gasteiger partial charge in [0.05, 0.1) is 6.61 Å². The first kappa shape index (κ1) is 13.3. The number of ether oxygens (including phenoxy) is 1. The van der Waals surface area contributed by atoms with Gasteiger partial charge in [0.25, 0.3) is 0 Å². The van der Waals surface area contributed by atoms with Gasteiger partial charge in [-0.15, -0.1) is 6.58 Å². The van der Waals surface area contributed by atoms with Gasteiger partial charge in [0, 0.05) is 23.1 Å². The van der Waals surface area contributed by atoms with Gasteiger partial charge in [-0.3, -0.25) is 0 Å². The lowest BCUT2D eigenvalue weighted by atomic mass is 10.2. The number of benzene rings is 1. The molecule has 88 valence electrons. The number of hydrogen-bond donors (Lipinski definition) is 1. The lowest BCUT2D eigenvalue weighted by molar-refractivity contribution is 0.313. The van der Waals surface area contributed by atoms with Crippen molar-refractivity contribution in [3.05, 3.63) is 40.9 Å². The second kappa shape index (κ2) is 7.47. The predicted molar refractivity (Wildman–Crippen MR) is 71.8 cm³/mol. The van der Waals surface area contributed by atoms with Crippen molar-refractivity contribution in [2.75, 3.05) is 13.2 Å². The third-order valence-corrected chi connectivity index (χ3v) is 2.58.